The minimum atomic E-state index is -0.0984. The highest BCUT2D eigenvalue weighted by molar-refractivity contribution is 6.06. The lowest BCUT2D eigenvalue weighted by atomic mass is 9.90. The Balaban J connectivity index is 1.28. The number of carbonyl (C=O) groups is 1. The van der Waals surface area contributed by atoms with E-state index in [-0.39, 0.29) is 5.91 Å². The van der Waals surface area contributed by atoms with Gasteiger partial charge in [0.1, 0.15) is 18.0 Å². The molecule has 8 heteroatoms. The molecule has 1 atom stereocenters. The Morgan fingerprint density at radius 3 is 2.71 bits per heavy atom. The van der Waals surface area contributed by atoms with Gasteiger partial charge in [-0.25, -0.2) is 15.0 Å². The van der Waals surface area contributed by atoms with E-state index >= 15 is 0 Å². The number of pyridine rings is 2. The Morgan fingerprint density at radius 2 is 1.97 bits per heavy atom. The molecule has 0 radical (unpaired) electrons. The number of anilines is 2. The number of fused-ring (bicyclic) bond motifs is 1. The number of hydrogen-bond donors (Lipinski definition) is 2. The first kappa shape index (κ1) is 22.7. The number of nitrogens with one attached hydrogen (secondary N) is 2. The second kappa shape index (κ2) is 10.0. The average molecular weight is 468 g/mol. The van der Waals surface area contributed by atoms with Crippen molar-refractivity contribution in [1.29, 1.82) is 0 Å². The molecule has 3 aromatic heterocycles. The first-order valence-corrected chi connectivity index (χ1v) is 12.0. The normalized spacial score (nSPS) is 13.5. The van der Waals surface area contributed by atoms with Crippen LogP contribution in [0, 0.1) is 0 Å². The van der Waals surface area contributed by atoms with E-state index in [0.29, 0.717) is 11.5 Å². The van der Waals surface area contributed by atoms with Gasteiger partial charge >= 0.3 is 0 Å². The van der Waals surface area contributed by atoms with E-state index in [2.05, 4.69) is 54.5 Å². The highest BCUT2D eigenvalue weighted by Crippen LogP contribution is 2.31. The number of aromatic nitrogens is 4. The number of carbonyl (C=O) groups excluding carboxylic acids is 1. The maximum atomic E-state index is 12.3. The summed E-state index contributed by atoms with van der Waals surface area (Å²) in [5.74, 6) is 2.00. The summed E-state index contributed by atoms with van der Waals surface area (Å²) in [6.07, 6.45) is 7.05. The van der Waals surface area contributed by atoms with Crippen LogP contribution >= 0.6 is 0 Å². The van der Waals surface area contributed by atoms with Crippen molar-refractivity contribution in [2.75, 3.05) is 36.9 Å². The first-order chi connectivity index (χ1) is 17.2. The van der Waals surface area contributed by atoms with Crippen LogP contribution in [-0.4, -0.2) is 52.5 Å². The molecule has 1 aromatic carbocycles. The SMILES string of the molecule is CCC(CCNc1cc(-c2ccc(N3CC3)nc2)ncn1)c1cccc2c(C(=O)NC)ccnc12. The van der Waals surface area contributed by atoms with Crippen molar-refractivity contribution in [2.24, 2.45) is 0 Å². The Kier molecular flexibility index (Phi) is 6.52. The van der Waals surface area contributed by atoms with E-state index in [9.17, 15) is 4.79 Å². The fourth-order valence-corrected chi connectivity index (χ4v) is 4.43. The van der Waals surface area contributed by atoms with Gasteiger partial charge in [-0.15, -0.1) is 0 Å². The van der Waals surface area contributed by atoms with E-state index < -0.39 is 0 Å². The Hall–Kier alpha value is -4.07. The molecular weight excluding hydrogens is 438 g/mol. The van der Waals surface area contributed by atoms with E-state index in [1.807, 2.05) is 30.5 Å². The van der Waals surface area contributed by atoms with Crippen LogP contribution in [0.1, 0.15) is 41.6 Å². The van der Waals surface area contributed by atoms with Crippen molar-refractivity contribution in [2.45, 2.75) is 25.7 Å². The standard InChI is InChI=1S/C27H29N7O/c1-3-18(20-5-4-6-21-22(27(35)28-2)10-12-30-26(20)21)9-11-29-24-15-23(32-17-33-24)19-7-8-25(31-16-19)34-13-14-34/h4-8,10,12,15-18H,3,9,11,13-14H2,1-2H3,(H,28,35)(H,29,32,33). The molecular formula is C27H29N7O. The number of amides is 1. The third kappa shape index (κ3) is 4.91. The van der Waals surface area contributed by atoms with Crippen LogP contribution in [0.15, 0.2) is 61.2 Å². The molecule has 0 saturated carbocycles. The van der Waals surface area contributed by atoms with Crippen LogP contribution in [0.25, 0.3) is 22.2 Å². The van der Waals surface area contributed by atoms with Crippen LogP contribution in [0.5, 0.6) is 0 Å². The first-order valence-electron chi connectivity index (χ1n) is 12.0. The van der Waals surface area contributed by atoms with Crippen molar-refractivity contribution in [3.05, 3.63) is 72.3 Å². The van der Waals surface area contributed by atoms with Crippen LogP contribution in [0.3, 0.4) is 0 Å². The van der Waals surface area contributed by atoms with Gasteiger partial charge in [0.2, 0.25) is 0 Å². The summed E-state index contributed by atoms with van der Waals surface area (Å²) in [7, 11) is 1.65. The number of nitrogens with zero attached hydrogens (tertiary/aromatic N) is 5. The second-order valence-electron chi connectivity index (χ2n) is 8.68. The molecule has 4 aromatic rings. The summed E-state index contributed by atoms with van der Waals surface area (Å²) >= 11 is 0. The van der Waals surface area contributed by atoms with Gasteiger partial charge in [-0.05, 0) is 42.5 Å². The Bertz CT molecular complexity index is 1340. The fraction of sp³-hybridized carbons (Fsp3) is 0.296. The molecule has 0 bridgehead atoms. The summed E-state index contributed by atoms with van der Waals surface area (Å²) in [5.41, 5.74) is 4.53. The molecule has 178 valence electrons. The van der Waals surface area contributed by atoms with Gasteiger partial charge < -0.3 is 15.5 Å². The van der Waals surface area contributed by atoms with Gasteiger partial charge in [-0.2, -0.15) is 0 Å². The average Bonchev–Trinajstić information content (AvgIpc) is 3.76. The summed E-state index contributed by atoms with van der Waals surface area (Å²) in [6.45, 7) is 5.10. The van der Waals surface area contributed by atoms with E-state index in [1.165, 1.54) is 5.56 Å². The zero-order valence-electron chi connectivity index (χ0n) is 20.0. The molecule has 1 amide bonds. The van der Waals surface area contributed by atoms with Gasteiger partial charge in [0.05, 0.1) is 16.8 Å². The molecule has 1 aliphatic rings. The van der Waals surface area contributed by atoms with E-state index in [1.54, 1.807) is 25.6 Å². The predicted molar refractivity (Wildman–Crippen MR) is 139 cm³/mol. The second-order valence-corrected chi connectivity index (χ2v) is 8.68. The molecule has 0 aliphatic carbocycles. The molecule has 1 saturated heterocycles. The molecule has 4 heterocycles. The Labute approximate surface area is 204 Å². The van der Waals surface area contributed by atoms with Crippen LogP contribution in [0.4, 0.5) is 11.6 Å². The largest absolute Gasteiger partial charge is 0.370 e. The van der Waals surface area contributed by atoms with Crippen LogP contribution in [0.2, 0.25) is 0 Å². The van der Waals surface area contributed by atoms with Gasteiger partial charge in [0.15, 0.2) is 0 Å². The molecule has 5 rings (SSSR count). The summed E-state index contributed by atoms with van der Waals surface area (Å²) in [6, 6.07) is 13.9. The quantitative estimate of drug-likeness (QED) is 0.355. The maximum absolute atomic E-state index is 12.3. The lowest BCUT2D eigenvalue weighted by molar-refractivity contribution is 0.0964. The van der Waals surface area contributed by atoms with Crippen LogP contribution in [-0.2, 0) is 0 Å². The summed E-state index contributed by atoms with van der Waals surface area (Å²) < 4.78 is 0. The van der Waals surface area contributed by atoms with Gasteiger partial charge in [0.25, 0.3) is 5.91 Å². The van der Waals surface area contributed by atoms with Crippen molar-refractivity contribution in [3.63, 3.8) is 0 Å². The smallest absolute Gasteiger partial charge is 0.251 e. The molecule has 1 aliphatic heterocycles. The van der Waals surface area contributed by atoms with Crippen molar-refractivity contribution >= 4 is 28.4 Å². The fourth-order valence-electron chi connectivity index (χ4n) is 4.43. The van der Waals surface area contributed by atoms with Gasteiger partial charge in [-0.3, -0.25) is 9.78 Å². The highest BCUT2D eigenvalue weighted by Gasteiger charge is 2.19. The van der Waals surface area contributed by atoms with E-state index in [4.69, 9.17) is 0 Å². The van der Waals surface area contributed by atoms with Crippen LogP contribution < -0.4 is 15.5 Å². The molecule has 2 N–H and O–H groups in total. The zero-order chi connectivity index (χ0) is 24.2. The van der Waals surface area contributed by atoms with E-state index in [0.717, 1.165) is 66.3 Å². The number of rotatable bonds is 9. The molecule has 1 unspecified atom stereocenters. The zero-order valence-corrected chi connectivity index (χ0v) is 20.0. The van der Waals surface area contributed by atoms with Crippen molar-refractivity contribution in [1.82, 2.24) is 25.3 Å². The summed E-state index contributed by atoms with van der Waals surface area (Å²) in [5, 5.41) is 7.06. The monoisotopic (exact) mass is 467 g/mol. The topological polar surface area (TPSA) is 95.7 Å². The number of hydrogen-bond acceptors (Lipinski definition) is 7. The Morgan fingerprint density at radius 1 is 1.09 bits per heavy atom. The van der Waals surface area contributed by atoms with Gasteiger partial charge in [0, 0.05) is 56.1 Å². The minimum Gasteiger partial charge on any atom is -0.370 e. The molecule has 35 heavy (non-hydrogen) atoms. The number of benzene rings is 1. The summed E-state index contributed by atoms with van der Waals surface area (Å²) in [4.78, 5) is 32.5. The van der Waals surface area contributed by atoms with Crippen molar-refractivity contribution < 1.29 is 4.79 Å². The maximum Gasteiger partial charge on any atom is 0.251 e. The third-order valence-electron chi connectivity index (χ3n) is 6.49. The third-order valence-corrected chi connectivity index (χ3v) is 6.49. The van der Waals surface area contributed by atoms with Gasteiger partial charge in [-0.1, -0.05) is 25.1 Å². The lowest BCUT2D eigenvalue weighted by Gasteiger charge is -2.18. The lowest BCUT2D eigenvalue weighted by Crippen LogP contribution is -2.18. The predicted octanol–water partition coefficient (Wildman–Crippen LogP) is 4.26. The minimum absolute atomic E-state index is 0.0984. The van der Waals surface area contributed by atoms with Crippen molar-refractivity contribution in [3.8, 4) is 11.3 Å². The molecule has 1 fully saturated rings. The highest BCUT2D eigenvalue weighted by atomic mass is 16.1. The molecule has 0 spiro atoms. The molecule has 8 nitrogen and oxygen atoms in total. The number of para-hydroxylation sites is 1.